The Hall–Kier alpha value is -1.07. The van der Waals surface area contributed by atoms with Crippen molar-refractivity contribution in [1.82, 2.24) is 14.7 Å². The Morgan fingerprint density at radius 1 is 1.35 bits per heavy atom. The minimum absolute atomic E-state index is 0.482. The van der Waals surface area contributed by atoms with Crippen molar-refractivity contribution in [2.24, 2.45) is 5.41 Å². The molecular formula is C15H24N4S. The van der Waals surface area contributed by atoms with E-state index in [0.717, 1.165) is 31.1 Å². The Balaban J connectivity index is 1.88. The van der Waals surface area contributed by atoms with Crippen molar-refractivity contribution < 1.29 is 0 Å². The van der Waals surface area contributed by atoms with Crippen molar-refractivity contribution in [3.63, 3.8) is 0 Å². The Morgan fingerprint density at radius 2 is 2.10 bits per heavy atom. The van der Waals surface area contributed by atoms with Gasteiger partial charge in [0.25, 0.3) is 0 Å². The summed E-state index contributed by atoms with van der Waals surface area (Å²) in [7, 11) is 0. The van der Waals surface area contributed by atoms with Gasteiger partial charge in [0.05, 0.1) is 5.69 Å². The molecule has 1 aliphatic heterocycles. The SMILES string of the molecule is CCNCc1c(N2CCC(C)(C)CC2)nc2sccn12. The number of thiazole rings is 1. The van der Waals surface area contributed by atoms with E-state index in [4.69, 9.17) is 4.98 Å². The molecule has 20 heavy (non-hydrogen) atoms. The molecule has 3 heterocycles. The molecule has 0 amide bonds. The predicted molar refractivity (Wildman–Crippen MR) is 85.7 cm³/mol. The Labute approximate surface area is 124 Å². The van der Waals surface area contributed by atoms with Gasteiger partial charge in [-0.25, -0.2) is 4.98 Å². The zero-order chi connectivity index (χ0) is 14.2. The largest absolute Gasteiger partial charge is 0.355 e. The fourth-order valence-corrected chi connectivity index (χ4v) is 3.53. The molecule has 110 valence electrons. The Kier molecular flexibility index (Phi) is 3.73. The highest BCUT2D eigenvalue weighted by Crippen LogP contribution is 2.33. The van der Waals surface area contributed by atoms with E-state index in [1.807, 2.05) is 0 Å². The first-order valence-electron chi connectivity index (χ1n) is 7.51. The number of aromatic nitrogens is 2. The molecule has 4 nitrogen and oxygen atoms in total. The summed E-state index contributed by atoms with van der Waals surface area (Å²) in [6, 6.07) is 0. The molecule has 0 unspecified atom stereocenters. The van der Waals surface area contributed by atoms with E-state index in [2.05, 4.69) is 47.0 Å². The quantitative estimate of drug-likeness (QED) is 0.939. The number of piperidine rings is 1. The molecular weight excluding hydrogens is 268 g/mol. The molecule has 3 rings (SSSR count). The Morgan fingerprint density at radius 3 is 2.80 bits per heavy atom. The second kappa shape index (κ2) is 5.37. The lowest BCUT2D eigenvalue weighted by molar-refractivity contribution is 0.279. The summed E-state index contributed by atoms with van der Waals surface area (Å²) in [5, 5.41) is 5.56. The van der Waals surface area contributed by atoms with Crippen LogP contribution in [0.15, 0.2) is 11.6 Å². The normalized spacial score (nSPS) is 18.9. The highest BCUT2D eigenvalue weighted by molar-refractivity contribution is 7.15. The van der Waals surface area contributed by atoms with Gasteiger partial charge in [0, 0.05) is 31.2 Å². The van der Waals surface area contributed by atoms with Gasteiger partial charge in [0.1, 0.15) is 0 Å². The first-order chi connectivity index (χ1) is 9.61. The monoisotopic (exact) mass is 292 g/mol. The van der Waals surface area contributed by atoms with E-state index in [9.17, 15) is 0 Å². The minimum Gasteiger partial charge on any atom is -0.355 e. The maximum Gasteiger partial charge on any atom is 0.195 e. The Bertz CT molecular complexity index is 574. The third kappa shape index (κ3) is 2.56. The van der Waals surface area contributed by atoms with Crippen molar-refractivity contribution >= 4 is 22.1 Å². The van der Waals surface area contributed by atoms with Gasteiger partial charge in [0.15, 0.2) is 10.8 Å². The fourth-order valence-electron chi connectivity index (χ4n) is 2.81. The first kappa shape index (κ1) is 13.9. The number of nitrogens with one attached hydrogen (secondary N) is 1. The second-order valence-electron chi connectivity index (χ2n) is 6.37. The molecule has 5 heteroatoms. The van der Waals surface area contributed by atoms with E-state index in [1.54, 1.807) is 11.3 Å². The lowest BCUT2D eigenvalue weighted by atomic mass is 9.83. The summed E-state index contributed by atoms with van der Waals surface area (Å²) in [4.78, 5) is 8.44. The highest BCUT2D eigenvalue weighted by Gasteiger charge is 2.28. The van der Waals surface area contributed by atoms with Crippen LogP contribution < -0.4 is 10.2 Å². The van der Waals surface area contributed by atoms with Crippen LogP contribution in [0.3, 0.4) is 0 Å². The topological polar surface area (TPSA) is 32.6 Å². The number of fused-ring (bicyclic) bond motifs is 1. The maximum atomic E-state index is 4.86. The zero-order valence-corrected chi connectivity index (χ0v) is 13.5. The van der Waals surface area contributed by atoms with Gasteiger partial charge >= 0.3 is 0 Å². The first-order valence-corrected chi connectivity index (χ1v) is 8.39. The molecule has 0 saturated carbocycles. The van der Waals surface area contributed by atoms with Crippen molar-refractivity contribution in [2.45, 2.75) is 40.2 Å². The van der Waals surface area contributed by atoms with Gasteiger partial charge in [-0.2, -0.15) is 0 Å². The summed E-state index contributed by atoms with van der Waals surface area (Å²) in [6.07, 6.45) is 4.63. The van der Waals surface area contributed by atoms with Crippen molar-refractivity contribution in [2.75, 3.05) is 24.5 Å². The molecule has 0 spiro atoms. The van der Waals surface area contributed by atoms with Crippen molar-refractivity contribution in [1.29, 1.82) is 0 Å². The maximum absolute atomic E-state index is 4.86. The molecule has 2 aromatic heterocycles. The molecule has 0 radical (unpaired) electrons. The van der Waals surface area contributed by atoms with Crippen LogP contribution in [0.1, 0.15) is 39.3 Å². The van der Waals surface area contributed by atoms with Crippen LogP contribution in [0.5, 0.6) is 0 Å². The van der Waals surface area contributed by atoms with Crippen LogP contribution in [0.2, 0.25) is 0 Å². The molecule has 1 N–H and O–H groups in total. The predicted octanol–water partition coefficient (Wildman–Crippen LogP) is 3.13. The summed E-state index contributed by atoms with van der Waals surface area (Å²) < 4.78 is 2.24. The summed E-state index contributed by atoms with van der Waals surface area (Å²) in [5.74, 6) is 1.19. The van der Waals surface area contributed by atoms with Crippen LogP contribution in [-0.4, -0.2) is 29.0 Å². The van der Waals surface area contributed by atoms with Crippen LogP contribution in [0.4, 0.5) is 5.82 Å². The minimum atomic E-state index is 0.482. The van der Waals surface area contributed by atoms with Crippen LogP contribution in [-0.2, 0) is 6.54 Å². The number of hydrogen-bond acceptors (Lipinski definition) is 4. The molecule has 1 aliphatic rings. The molecule has 0 aromatic carbocycles. The van der Waals surface area contributed by atoms with Crippen LogP contribution in [0.25, 0.3) is 4.96 Å². The van der Waals surface area contributed by atoms with Gasteiger partial charge in [0.2, 0.25) is 0 Å². The second-order valence-corrected chi connectivity index (χ2v) is 7.24. The number of imidazole rings is 1. The van der Waals surface area contributed by atoms with E-state index in [0.29, 0.717) is 5.41 Å². The molecule has 0 atom stereocenters. The van der Waals surface area contributed by atoms with Gasteiger partial charge in [-0.1, -0.05) is 20.8 Å². The van der Waals surface area contributed by atoms with E-state index >= 15 is 0 Å². The fraction of sp³-hybridized carbons (Fsp3) is 0.667. The average Bonchev–Trinajstić information content (AvgIpc) is 2.97. The van der Waals surface area contributed by atoms with Gasteiger partial charge in [-0.05, 0) is 24.8 Å². The number of nitrogens with zero attached hydrogens (tertiary/aromatic N) is 3. The zero-order valence-electron chi connectivity index (χ0n) is 12.6. The van der Waals surface area contributed by atoms with E-state index in [-0.39, 0.29) is 0 Å². The van der Waals surface area contributed by atoms with Crippen molar-refractivity contribution in [3.8, 4) is 0 Å². The smallest absolute Gasteiger partial charge is 0.195 e. The molecule has 2 aromatic rings. The van der Waals surface area contributed by atoms with Crippen LogP contribution >= 0.6 is 11.3 Å². The highest BCUT2D eigenvalue weighted by atomic mass is 32.1. The average molecular weight is 292 g/mol. The molecule has 0 aliphatic carbocycles. The van der Waals surface area contributed by atoms with E-state index in [1.165, 1.54) is 24.4 Å². The lowest BCUT2D eigenvalue weighted by Gasteiger charge is -2.37. The van der Waals surface area contributed by atoms with Gasteiger partial charge < -0.3 is 10.2 Å². The van der Waals surface area contributed by atoms with Gasteiger partial charge in [-0.3, -0.25) is 4.40 Å². The van der Waals surface area contributed by atoms with E-state index < -0.39 is 0 Å². The standard InChI is InChI=1S/C15H24N4S/c1-4-16-11-12-13(17-14-19(12)9-10-20-14)18-7-5-15(2,3)6-8-18/h9-10,16H,4-8,11H2,1-3H3. The molecule has 1 fully saturated rings. The van der Waals surface area contributed by atoms with Gasteiger partial charge in [-0.15, -0.1) is 11.3 Å². The summed E-state index contributed by atoms with van der Waals surface area (Å²) in [6.45, 7) is 11.0. The van der Waals surface area contributed by atoms with Crippen molar-refractivity contribution in [3.05, 3.63) is 17.3 Å². The summed E-state index contributed by atoms with van der Waals surface area (Å²) in [5.41, 5.74) is 1.79. The summed E-state index contributed by atoms with van der Waals surface area (Å²) >= 11 is 1.72. The molecule has 1 saturated heterocycles. The van der Waals surface area contributed by atoms with Crippen LogP contribution in [0, 0.1) is 5.41 Å². The number of anilines is 1. The number of rotatable bonds is 4. The lowest BCUT2D eigenvalue weighted by Crippen LogP contribution is -2.38. The third-order valence-corrected chi connectivity index (χ3v) is 5.06. The number of hydrogen-bond donors (Lipinski definition) is 1. The third-order valence-electron chi connectivity index (χ3n) is 4.30. The molecule has 0 bridgehead atoms.